The quantitative estimate of drug-likeness (QED) is 0.540. The molecular formula is C8H14N2O4S. The van der Waals surface area contributed by atoms with Gasteiger partial charge < -0.3 is 14.8 Å². The smallest absolute Gasteiger partial charge is 0.263 e. The van der Waals surface area contributed by atoms with Gasteiger partial charge in [0.25, 0.3) is 6.20 Å². The SMILES string of the molecule is CS/C(=C\[N+](=O)[O-])NCCC1OCCO1. The minimum absolute atomic E-state index is 0.170. The average molecular weight is 234 g/mol. The Morgan fingerprint density at radius 1 is 1.67 bits per heavy atom. The van der Waals surface area contributed by atoms with Crippen LogP contribution in [0.5, 0.6) is 0 Å². The molecule has 0 saturated carbocycles. The van der Waals surface area contributed by atoms with Gasteiger partial charge in [-0.2, -0.15) is 0 Å². The van der Waals surface area contributed by atoms with E-state index >= 15 is 0 Å². The number of ether oxygens (including phenoxy) is 2. The number of nitrogens with one attached hydrogen (secondary N) is 1. The van der Waals surface area contributed by atoms with E-state index in [4.69, 9.17) is 9.47 Å². The molecule has 1 fully saturated rings. The van der Waals surface area contributed by atoms with E-state index in [-0.39, 0.29) is 6.29 Å². The third-order valence-corrected chi connectivity index (χ3v) is 2.50. The van der Waals surface area contributed by atoms with Gasteiger partial charge in [0.1, 0.15) is 5.03 Å². The summed E-state index contributed by atoms with van der Waals surface area (Å²) in [5.74, 6) is 0. The Kier molecular flexibility index (Phi) is 5.44. The highest BCUT2D eigenvalue weighted by Gasteiger charge is 2.15. The van der Waals surface area contributed by atoms with Crippen molar-refractivity contribution in [3.8, 4) is 0 Å². The summed E-state index contributed by atoms with van der Waals surface area (Å²) in [6, 6.07) is 0. The molecule has 1 aliphatic rings. The second-order valence-electron chi connectivity index (χ2n) is 2.87. The van der Waals surface area contributed by atoms with Gasteiger partial charge in [-0.3, -0.25) is 10.1 Å². The zero-order chi connectivity index (χ0) is 11.1. The molecule has 0 atom stereocenters. The Hall–Kier alpha value is -0.790. The molecule has 7 heteroatoms. The van der Waals surface area contributed by atoms with Crippen LogP contribution in [0.3, 0.4) is 0 Å². The summed E-state index contributed by atoms with van der Waals surface area (Å²) in [6.07, 6.45) is 3.26. The molecule has 0 bridgehead atoms. The van der Waals surface area contributed by atoms with Crippen LogP contribution in [-0.2, 0) is 9.47 Å². The summed E-state index contributed by atoms with van der Waals surface area (Å²) in [5, 5.41) is 13.7. The lowest BCUT2D eigenvalue weighted by Gasteiger charge is -2.10. The fourth-order valence-electron chi connectivity index (χ4n) is 1.15. The van der Waals surface area contributed by atoms with Gasteiger partial charge in [-0.15, -0.1) is 11.8 Å². The lowest BCUT2D eigenvalue weighted by Crippen LogP contribution is -2.20. The Morgan fingerprint density at radius 3 is 2.87 bits per heavy atom. The maximum absolute atomic E-state index is 10.2. The van der Waals surface area contributed by atoms with Crippen molar-refractivity contribution in [1.82, 2.24) is 5.32 Å². The Balaban J connectivity index is 2.19. The number of nitrogens with zero attached hydrogens (tertiary/aromatic N) is 1. The molecule has 0 unspecified atom stereocenters. The highest BCUT2D eigenvalue weighted by atomic mass is 32.2. The lowest BCUT2D eigenvalue weighted by molar-refractivity contribution is -0.403. The maximum atomic E-state index is 10.2. The van der Waals surface area contributed by atoms with Crippen LogP contribution in [0.15, 0.2) is 11.2 Å². The summed E-state index contributed by atoms with van der Waals surface area (Å²) in [6.45, 7) is 1.86. The highest BCUT2D eigenvalue weighted by Crippen LogP contribution is 2.10. The predicted octanol–water partition coefficient (Wildman–Crippen LogP) is 0.778. The Labute approximate surface area is 92.2 Å². The van der Waals surface area contributed by atoms with Gasteiger partial charge in [0, 0.05) is 13.0 Å². The molecule has 0 aromatic rings. The van der Waals surface area contributed by atoms with Crippen molar-refractivity contribution in [1.29, 1.82) is 0 Å². The Morgan fingerprint density at radius 2 is 2.33 bits per heavy atom. The molecule has 0 amide bonds. The van der Waals surface area contributed by atoms with Crippen LogP contribution >= 0.6 is 11.8 Å². The molecule has 86 valence electrons. The summed E-state index contributed by atoms with van der Waals surface area (Å²) in [4.78, 5) is 9.74. The van der Waals surface area contributed by atoms with Gasteiger partial charge in [-0.25, -0.2) is 0 Å². The molecule has 15 heavy (non-hydrogen) atoms. The number of thioether (sulfide) groups is 1. The summed E-state index contributed by atoms with van der Waals surface area (Å²) in [7, 11) is 0. The molecule has 6 nitrogen and oxygen atoms in total. The van der Waals surface area contributed by atoms with Crippen molar-refractivity contribution in [2.75, 3.05) is 26.0 Å². The topological polar surface area (TPSA) is 73.6 Å². The van der Waals surface area contributed by atoms with Crippen LogP contribution in [0, 0.1) is 10.1 Å². The summed E-state index contributed by atoms with van der Waals surface area (Å²) < 4.78 is 10.5. The van der Waals surface area contributed by atoms with Crippen molar-refractivity contribution in [2.24, 2.45) is 0 Å². The minimum Gasteiger partial charge on any atom is -0.375 e. The predicted molar refractivity (Wildman–Crippen MR) is 56.9 cm³/mol. The largest absolute Gasteiger partial charge is 0.375 e. The van der Waals surface area contributed by atoms with Crippen LogP contribution in [0.2, 0.25) is 0 Å². The summed E-state index contributed by atoms with van der Waals surface area (Å²) in [5.41, 5.74) is 0. The van der Waals surface area contributed by atoms with E-state index in [0.717, 1.165) is 6.20 Å². The number of rotatable bonds is 6. The van der Waals surface area contributed by atoms with E-state index in [2.05, 4.69) is 5.32 Å². The van der Waals surface area contributed by atoms with Crippen LogP contribution in [0.4, 0.5) is 0 Å². The number of hydrogen-bond donors (Lipinski definition) is 1. The van der Waals surface area contributed by atoms with Crippen molar-refractivity contribution in [2.45, 2.75) is 12.7 Å². The van der Waals surface area contributed by atoms with E-state index in [1.165, 1.54) is 11.8 Å². The molecule has 0 aliphatic carbocycles. The second kappa shape index (κ2) is 6.65. The summed E-state index contributed by atoms with van der Waals surface area (Å²) >= 11 is 1.31. The zero-order valence-corrected chi connectivity index (χ0v) is 9.29. The van der Waals surface area contributed by atoms with Gasteiger partial charge in [-0.1, -0.05) is 0 Å². The molecule has 1 rings (SSSR count). The first-order valence-corrected chi connectivity index (χ1v) is 5.81. The third-order valence-electron chi connectivity index (χ3n) is 1.81. The highest BCUT2D eigenvalue weighted by molar-refractivity contribution is 8.02. The van der Waals surface area contributed by atoms with Crippen LogP contribution in [0.25, 0.3) is 0 Å². The molecule has 1 heterocycles. The Bertz CT molecular complexity index is 241. The van der Waals surface area contributed by atoms with Crippen LogP contribution in [0.1, 0.15) is 6.42 Å². The maximum Gasteiger partial charge on any atom is 0.263 e. The first-order valence-electron chi connectivity index (χ1n) is 4.58. The fourth-order valence-corrected chi connectivity index (χ4v) is 1.59. The molecule has 1 saturated heterocycles. The fraction of sp³-hybridized carbons (Fsp3) is 0.750. The second-order valence-corrected chi connectivity index (χ2v) is 3.72. The number of nitro groups is 1. The number of hydrogen-bond acceptors (Lipinski definition) is 6. The monoisotopic (exact) mass is 234 g/mol. The minimum atomic E-state index is -0.471. The molecule has 1 aliphatic heterocycles. The first kappa shape index (κ1) is 12.3. The normalized spacial score (nSPS) is 18.1. The van der Waals surface area contributed by atoms with Crippen molar-refractivity contribution in [3.63, 3.8) is 0 Å². The van der Waals surface area contributed by atoms with Crippen molar-refractivity contribution >= 4 is 11.8 Å². The van der Waals surface area contributed by atoms with Crippen molar-refractivity contribution in [3.05, 3.63) is 21.3 Å². The molecule has 1 N–H and O–H groups in total. The standard InChI is InChI=1S/C8H14N2O4S/c1-15-7(6-10(11)12)9-3-2-8-13-4-5-14-8/h6,8-9H,2-5H2,1H3/b7-6-. The van der Waals surface area contributed by atoms with Crippen LogP contribution in [-0.4, -0.2) is 37.2 Å². The van der Waals surface area contributed by atoms with E-state index < -0.39 is 4.92 Å². The van der Waals surface area contributed by atoms with Gasteiger partial charge in [0.15, 0.2) is 6.29 Å². The molecule has 0 aromatic heterocycles. The zero-order valence-electron chi connectivity index (χ0n) is 8.47. The van der Waals surface area contributed by atoms with Gasteiger partial charge in [0.05, 0.1) is 18.1 Å². The van der Waals surface area contributed by atoms with Gasteiger partial charge in [-0.05, 0) is 6.26 Å². The average Bonchev–Trinajstić information content (AvgIpc) is 2.68. The van der Waals surface area contributed by atoms with Crippen LogP contribution < -0.4 is 5.32 Å². The van der Waals surface area contributed by atoms with Gasteiger partial charge in [0.2, 0.25) is 0 Å². The molecule has 0 spiro atoms. The first-order chi connectivity index (χ1) is 7.22. The van der Waals surface area contributed by atoms with E-state index in [1.807, 2.05) is 0 Å². The lowest BCUT2D eigenvalue weighted by atomic mass is 10.4. The third kappa shape index (κ3) is 5.01. The van der Waals surface area contributed by atoms with E-state index in [1.54, 1.807) is 6.26 Å². The van der Waals surface area contributed by atoms with Crippen molar-refractivity contribution < 1.29 is 14.4 Å². The molecule has 0 radical (unpaired) electrons. The molecule has 0 aromatic carbocycles. The van der Waals surface area contributed by atoms with Gasteiger partial charge >= 0.3 is 0 Å². The molecular weight excluding hydrogens is 220 g/mol. The van der Waals surface area contributed by atoms with E-state index in [0.29, 0.717) is 31.2 Å². The van der Waals surface area contributed by atoms with E-state index in [9.17, 15) is 10.1 Å².